The lowest BCUT2D eigenvalue weighted by Gasteiger charge is -2.54. The van der Waals surface area contributed by atoms with E-state index >= 15 is 0 Å². The van der Waals surface area contributed by atoms with Crippen LogP contribution >= 0.6 is 0 Å². The Morgan fingerprint density at radius 2 is 1.23 bits per heavy atom. The highest BCUT2D eigenvalue weighted by Crippen LogP contribution is 2.54. The predicted molar refractivity (Wildman–Crippen MR) is 188 cm³/mol. The number of benzene rings is 2. The van der Waals surface area contributed by atoms with E-state index in [1.807, 2.05) is 50.2 Å². The maximum atomic E-state index is 12.5. The molecule has 0 aliphatic heterocycles. The molecule has 0 saturated heterocycles. The van der Waals surface area contributed by atoms with Crippen molar-refractivity contribution in [2.24, 2.45) is 58.1 Å². The van der Waals surface area contributed by atoms with Gasteiger partial charge in [-0.05, 0) is 173 Å². The van der Waals surface area contributed by atoms with Gasteiger partial charge in [0.25, 0.3) is 0 Å². The normalized spacial score (nSPS) is 33.7. The summed E-state index contributed by atoms with van der Waals surface area (Å²) in [6, 6.07) is 12.1. The topological polar surface area (TPSA) is 115 Å². The minimum atomic E-state index is -0.0595. The number of methoxy groups -OCH3 is 2. The highest BCUT2D eigenvalue weighted by atomic mass is 16.5. The minimum Gasteiger partial charge on any atom is -0.497 e. The molecule has 8 bridgehead atoms. The minimum absolute atomic E-state index is 0.0595. The molecule has 47 heavy (non-hydrogen) atoms. The first-order chi connectivity index (χ1) is 22.7. The van der Waals surface area contributed by atoms with E-state index in [4.69, 9.17) is 15.2 Å². The Bertz CT molecular complexity index is 1380. The highest BCUT2D eigenvalue weighted by molar-refractivity contribution is 6.13. The van der Waals surface area contributed by atoms with Gasteiger partial charge in [0.05, 0.1) is 26.1 Å². The molecule has 0 unspecified atom stereocenters. The molecule has 8 nitrogen and oxygen atoms in total. The molecule has 2 aromatic rings. The molecule has 10 rings (SSSR count). The highest BCUT2D eigenvalue weighted by Gasteiger charge is 2.49. The molecule has 2 aromatic carbocycles. The van der Waals surface area contributed by atoms with Crippen molar-refractivity contribution in [2.45, 2.75) is 90.1 Å². The maximum Gasteiger partial charge on any atom is 0.319 e. The van der Waals surface area contributed by atoms with Crippen LogP contribution in [-0.4, -0.2) is 44.8 Å². The van der Waals surface area contributed by atoms with Crippen LogP contribution in [0.25, 0.3) is 0 Å². The van der Waals surface area contributed by atoms with Crippen molar-refractivity contribution >= 4 is 29.9 Å². The summed E-state index contributed by atoms with van der Waals surface area (Å²) in [4.78, 5) is 26.4. The third-order valence-electron chi connectivity index (χ3n) is 12.2. The molecular formula is C39H54N4O4. The Balaban J connectivity index is 0.000000136. The van der Waals surface area contributed by atoms with E-state index in [1.165, 1.54) is 64.0 Å². The van der Waals surface area contributed by atoms with Gasteiger partial charge in [-0.15, -0.1) is 0 Å². The van der Waals surface area contributed by atoms with Crippen LogP contribution in [0.1, 0.15) is 75.3 Å². The molecule has 8 aliphatic rings. The Hall–Kier alpha value is -3.39. The van der Waals surface area contributed by atoms with E-state index in [-0.39, 0.29) is 6.03 Å². The largest absolute Gasteiger partial charge is 0.497 e. The first kappa shape index (κ1) is 33.5. The molecule has 0 atom stereocenters. The fraction of sp³-hybridized carbons (Fsp3) is 0.615. The van der Waals surface area contributed by atoms with Gasteiger partial charge in [-0.2, -0.15) is 0 Å². The second-order valence-electron chi connectivity index (χ2n) is 15.3. The first-order valence-electron chi connectivity index (χ1n) is 17.8. The van der Waals surface area contributed by atoms with Crippen LogP contribution in [0, 0.1) is 61.2 Å². The zero-order valence-corrected chi connectivity index (χ0v) is 28.6. The standard InChI is InChI=1S/C19H26N2O2.C10H11NO2.C10H17N/c1-11-5-16(23-2)3-4-17(11)20-19(22)21-18-14-7-12-6-13(9-14)10-15(18)8-12;1-8-7-9(13-2)3-4-10(8)11-5-6-12;11-10-8-2-6-1-7(4-8)5-9(10)3-6/h3-5,12-15,18H,6-10H2,1-2H3,(H2,20,21,22);3-7H,1-2H3;6-10H,1-5,11H2. The van der Waals surface area contributed by atoms with Crippen molar-refractivity contribution in [3.63, 3.8) is 0 Å². The summed E-state index contributed by atoms with van der Waals surface area (Å²) in [5.41, 5.74) is 9.81. The first-order valence-corrected chi connectivity index (χ1v) is 17.8. The zero-order valence-electron chi connectivity index (χ0n) is 28.6. The number of aryl methyl sites for hydroxylation is 2. The monoisotopic (exact) mass is 642 g/mol. The van der Waals surface area contributed by atoms with Crippen LogP contribution in [0.2, 0.25) is 0 Å². The van der Waals surface area contributed by atoms with Crippen LogP contribution in [0.3, 0.4) is 0 Å². The Kier molecular flexibility index (Phi) is 10.5. The lowest BCUT2D eigenvalue weighted by molar-refractivity contribution is -0.102. The van der Waals surface area contributed by atoms with Crippen LogP contribution in [0.5, 0.6) is 11.5 Å². The number of aliphatic imine (C=N–C) groups is 1. The lowest BCUT2D eigenvalue weighted by atomic mass is 9.54. The number of urea groups is 1. The zero-order chi connectivity index (χ0) is 33.1. The van der Waals surface area contributed by atoms with Crippen LogP contribution in [-0.2, 0) is 4.79 Å². The van der Waals surface area contributed by atoms with Crippen LogP contribution < -0.4 is 25.8 Å². The molecule has 8 fully saturated rings. The number of nitrogens with one attached hydrogen (secondary N) is 2. The van der Waals surface area contributed by atoms with Crippen molar-refractivity contribution in [3.8, 4) is 11.5 Å². The molecule has 8 saturated carbocycles. The van der Waals surface area contributed by atoms with E-state index in [2.05, 4.69) is 15.6 Å². The molecule has 4 N–H and O–H groups in total. The number of nitrogens with zero attached hydrogens (tertiary/aromatic N) is 1. The van der Waals surface area contributed by atoms with Gasteiger partial charge in [-0.1, -0.05) is 0 Å². The van der Waals surface area contributed by atoms with Gasteiger partial charge in [0.2, 0.25) is 0 Å². The molecule has 0 aromatic heterocycles. The summed E-state index contributed by atoms with van der Waals surface area (Å²) in [6.07, 6.45) is 16.0. The summed E-state index contributed by atoms with van der Waals surface area (Å²) >= 11 is 0. The van der Waals surface area contributed by atoms with Crippen molar-refractivity contribution in [1.29, 1.82) is 0 Å². The van der Waals surface area contributed by atoms with Gasteiger partial charge in [-0.25, -0.2) is 4.79 Å². The molecule has 8 heteroatoms. The summed E-state index contributed by atoms with van der Waals surface area (Å²) in [5, 5.41) is 6.30. The summed E-state index contributed by atoms with van der Waals surface area (Å²) in [5.74, 6) is 8.89. The molecule has 0 heterocycles. The molecule has 2 amide bonds. The van der Waals surface area contributed by atoms with Gasteiger partial charge in [0.15, 0.2) is 6.29 Å². The number of rotatable bonds is 6. The molecule has 8 aliphatic carbocycles. The van der Waals surface area contributed by atoms with Gasteiger partial charge >= 0.3 is 6.03 Å². The van der Waals surface area contributed by atoms with Crippen LogP contribution in [0.4, 0.5) is 16.2 Å². The Morgan fingerprint density at radius 3 is 1.70 bits per heavy atom. The lowest BCUT2D eigenvalue weighted by Crippen LogP contribution is -2.56. The summed E-state index contributed by atoms with van der Waals surface area (Å²) in [7, 11) is 3.27. The number of amides is 2. The second kappa shape index (κ2) is 14.8. The van der Waals surface area contributed by atoms with E-state index in [0.717, 1.165) is 69.5 Å². The van der Waals surface area contributed by atoms with Gasteiger partial charge in [-0.3, -0.25) is 9.79 Å². The number of carbonyl (C=O) groups excluding carboxylic acids is 2. The molecule has 0 spiro atoms. The quantitative estimate of drug-likeness (QED) is 0.222. The van der Waals surface area contributed by atoms with E-state index in [1.54, 1.807) is 20.6 Å². The fourth-order valence-electron chi connectivity index (χ4n) is 10.4. The maximum absolute atomic E-state index is 12.5. The van der Waals surface area contributed by atoms with Gasteiger partial charge in [0, 0.05) is 17.8 Å². The van der Waals surface area contributed by atoms with Crippen molar-refractivity contribution in [1.82, 2.24) is 5.32 Å². The Labute approximate surface area is 280 Å². The van der Waals surface area contributed by atoms with Crippen molar-refractivity contribution in [2.75, 3.05) is 19.5 Å². The number of nitrogens with two attached hydrogens (primary N) is 1. The number of carbonyl (C=O) groups is 2. The van der Waals surface area contributed by atoms with Gasteiger partial charge < -0.3 is 25.8 Å². The van der Waals surface area contributed by atoms with E-state index < -0.39 is 0 Å². The number of hydrogen-bond donors (Lipinski definition) is 3. The summed E-state index contributed by atoms with van der Waals surface area (Å²) in [6.45, 7) is 3.90. The predicted octanol–water partition coefficient (Wildman–Crippen LogP) is 7.62. The summed E-state index contributed by atoms with van der Waals surface area (Å²) < 4.78 is 10.2. The third-order valence-corrected chi connectivity index (χ3v) is 12.2. The Morgan fingerprint density at radius 1 is 0.745 bits per heavy atom. The number of ether oxygens (including phenoxy) is 2. The SMILES string of the molecule is COc1ccc(N=CC=O)c(C)c1.COc1ccc(NC(=O)NC2C3CC4CC(C3)CC2C4)c(C)c1.NC1C2CC3CC(C2)CC1C3. The average molecular weight is 643 g/mol. The van der Waals surface area contributed by atoms with E-state index in [9.17, 15) is 9.59 Å². The number of aldehydes is 1. The van der Waals surface area contributed by atoms with E-state index in [0.29, 0.717) is 30.2 Å². The fourth-order valence-corrected chi connectivity index (χ4v) is 10.4. The van der Waals surface area contributed by atoms with Crippen molar-refractivity contribution in [3.05, 3.63) is 47.5 Å². The molecule has 254 valence electrons. The molecular weight excluding hydrogens is 588 g/mol. The second-order valence-corrected chi connectivity index (χ2v) is 15.3. The molecule has 0 radical (unpaired) electrons. The third kappa shape index (κ3) is 7.85. The van der Waals surface area contributed by atoms with Crippen molar-refractivity contribution < 1.29 is 19.1 Å². The number of anilines is 1. The number of hydrogen-bond acceptors (Lipinski definition) is 6. The smallest absolute Gasteiger partial charge is 0.319 e. The average Bonchev–Trinajstić information content (AvgIpc) is 3.05. The van der Waals surface area contributed by atoms with Gasteiger partial charge in [0.1, 0.15) is 11.5 Å². The van der Waals surface area contributed by atoms with Crippen LogP contribution in [0.15, 0.2) is 41.4 Å².